The SMILES string of the molecule is O=C(NCCSc1ccccc1)C1CCN(S(=O)(=O)c2ccc(Cl)cc2)CC1. The van der Waals surface area contributed by atoms with Gasteiger partial charge in [0.2, 0.25) is 15.9 Å². The van der Waals surface area contributed by atoms with E-state index < -0.39 is 10.0 Å². The summed E-state index contributed by atoms with van der Waals surface area (Å²) in [5, 5.41) is 3.47. The number of nitrogens with zero attached hydrogens (tertiary/aromatic N) is 1. The van der Waals surface area contributed by atoms with E-state index in [-0.39, 0.29) is 16.7 Å². The summed E-state index contributed by atoms with van der Waals surface area (Å²) in [5.41, 5.74) is 0. The molecule has 8 heteroatoms. The predicted octanol–water partition coefficient (Wildman–Crippen LogP) is 3.65. The first-order chi connectivity index (χ1) is 13.5. The van der Waals surface area contributed by atoms with Gasteiger partial charge in [0.1, 0.15) is 0 Å². The van der Waals surface area contributed by atoms with Gasteiger partial charge < -0.3 is 5.32 Å². The zero-order valence-corrected chi connectivity index (χ0v) is 17.8. The lowest BCUT2D eigenvalue weighted by molar-refractivity contribution is -0.125. The molecule has 3 rings (SSSR count). The van der Waals surface area contributed by atoms with Crippen molar-refractivity contribution in [3.05, 3.63) is 59.6 Å². The monoisotopic (exact) mass is 438 g/mol. The number of piperidine rings is 1. The van der Waals surface area contributed by atoms with Crippen molar-refractivity contribution in [2.75, 3.05) is 25.4 Å². The Balaban J connectivity index is 1.44. The summed E-state index contributed by atoms with van der Waals surface area (Å²) in [4.78, 5) is 13.8. The van der Waals surface area contributed by atoms with Crippen LogP contribution in [0.5, 0.6) is 0 Å². The fourth-order valence-corrected chi connectivity index (χ4v) is 5.50. The van der Waals surface area contributed by atoms with Crippen LogP contribution in [0.3, 0.4) is 0 Å². The molecule has 0 unspecified atom stereocenters. The first kappa shape index (κ1) is 21.2. The Morgan fingerprint density at radius 3 is 2.36 bits per heavy atom. The third-order valence-corrected chi connectivity index (χ3v) is 7.87. The molecule has 0 radical (unpaired) electrons. The van der Waals surface area contributed by atoms with E-state index in [1.807, 2.05) is 30.3 Å². The Kier molecular flexibility index (Phi) is 7.40. The van der Waals surface area contributed by atoms with Crippen molar-refractivity contribution in [1.29, 1.82) is 0 Å². The molecular weight excluding hydrogens is 416 g/mol. The lowest BCUT2D eigenvalue weighted by Crippen LogP contribution is -2.43. The molecule has 1 amide bonds. The van der Waals surface area contributed by atoms with Crippen LogP contribution in [0.15, 0.2) is 64.4 Å². The van der Waals surface area contributed by atoms with Gasteiger partial charge in [0, 0.05) is 41.2 Å². The number of nitrogens with one attached hydrogen (secondary N) is 1. The number of carbonyl (C=O) groups is 1. The van der Waals surface area contributed by atoms with E-state index in [0.717, 1.165) is 5.75 Å². The number of amides is 1. The molecule has 28 heavy (non-hydrogen) atoms. The third-order valence-electron chi connectivity index (χ3n) is 4.69. The number of halogens is 1. The van der Waals surface area contributed by atoms with Gasteiger partial charge in [0.05, 0.1) is 4.90 Å². The van der Waals surface area contributed by atoms with Crippen molar-refractivity contribution in [2.45, 2.75) is 22.6 Å². The maximum Gasteiger partial charge on any atom is 0.243 e. The normalized spacial score (nSPS) is 16.0. The Hall–Kier alpha value is -1.54. The summed E-state index contributed by atoms with van der Waals surface area (Å²) < 4.78 is 26.9. The fourth-order valence-electron chi connectivity index (χ4n) is 3.12. The number of carbonyl (C=O) groups excluding carboxylic acids is 1. The van der Waals surface area contributed by atoms with Crippen molar-refractivity contribution < 1.29 is 13.2 Å². The molecule has 5 nitrogen and oxygen atoms in total. The number of rotatable bonds is 7. The molecule has 1 heterocycles. The van der Waals surface area contributed by atoms with Crippen molar-refractivity contribution in [1.82, 2.24) is 9.62 Å². The Bertz CT molecular complexity index is 881. The Labute approximate surface area is 175 Å². The van der Waals surface area contributed by atoms with Crippen molar-refractivity contribution >= 4 is 39.3 Å². The summed E-state index contributed by atoms with van der Waals surface area (Å²) in [6, 6.07) is 16.2. The minimum atomic E-state index is -3.54. The molecule has 1 saturated heterocycles. The van der Waals surface area contributed by atoms with Crippen LogP contribution in [0, 0.1) is 5.92 Å². The Morgan fingerprint density at radius 1 is 1.07 bits per heavy atom. The molecule has 1 N–H and O–H groups in total. The summed E-state index contributed by atoms with van der Waals surface area (Å²) in [6.45, 7) is 1.30. The van der Waals surface area contributed by atoms with E-state index >= 15 is 0 Å². The third kappa shape index (κ3) is 5.50. The average Bonchev–Trinajstić information content (AvgIpc) is 2.72. The maximum atomic E-state index is 12.7. The minimum absolute atomic E-state index is 0.0113. The van der Waals surface area contributed by atoms with E-state index in [1.54, 1.807) is 23.9 Å². The van der Waals surface area contributed by atoms with Crippen molar-refractivity contribution in [3.63, 3.8) is 0 Å². The van der Waals surface area contributed by atoms with Gasteiger partial charge in [0.15, 0.2) is 0 Å². The van der Waals surface area contributed by atoms with Gasteiger partial charge >= 0.3 is 0 Å². The van der Waals surface area contributed by atoms with Gasteiger partial charge in [-0.05, 0) is 49.2 Å². The molecule has 1 aliphatic heterocycles. The molecule has 0 bridgehead atoms. The van der Waals surface area contributed by atoms with E-state index in [0.29, 0.717) is 37.5 Å². The van der Waals surface area contributed by atoms with E-state index in [4.69, 9.17) is 11.6 Å². The molecule has 0 aromatic heterocycles. The highest BCUT2D eigenvalue weighted by Gasteiger charge is 2.31. The fraction of sp³-hybridized carbons (Fsp3) is 0.350. The zero-order valence-electron chi connectivity index (χ0n) is 15.4. The molecule has 0 spiro atoms. The summed E-state index contributed by atoms with van der Waals surface area (Å²) in [6.07, 6.45) is 1.06. The zero-order chi connectivity index (χ0) is 20.0. The Morgan fingerprint density at radius 2 is 1.71 bits per heavy atom. The minimum Gasteiger partial charge on any atom is -0.355 e. The van der Waals surface area contributed by atoms with Crippen LogP contribution in [-0.2, 0) is 14.8 Å². The topological polar surface area (TPSA) is 66.5 Å². The summed E-state index contributed by atoms with van der Waals surface area (Å²) in [7, 11) is -3.54. The molecule has 1 aliphatic rings. The standard InChI is InChI=1S/C20H23ClN2O3S2/c21-17-6-8-19(9-7-17)28(25,26)23-13-10-16(11-14-23)20(24)22-12-15-27-18-4-2-1-3-5-18/h1-9,16H,10-15H2,(H,22,24). The predicted molar refractivity (Wildman–Crippen MR) is 113 cm³/mol. The highest BCUT2D eigenvalue weighted by Crippen LogP contribution is 2.25. The first-order valence-corrected chi connectivity index (χ1v) is 12.0. The van der Waals surface area contributed by atoms with E-state index in [9.17, 15) is 13.2 Å². The van der Waals surface area contributed by atoms with Gasteiger partial charge in [-0.15, -0.1) is 11.8 Å². The van der Waals surface area contributed by atoms with Crippen LogP contribution >= 0.6 is 23.4 Å². The summed E-state index contributed by atoms with van der Waals surface area (Å²) in [5.74, 6) is 0.676. The van der Waals surface area contributed by atoms with E-state index in [1.165, 1.54) is 21.3 Å². The van der Waals surface area contributed by atoms with Gasteiger partial charge in [-0.2, -0.15) is 4.31 Å². The quantitative estimate of drug-likeness (QED) is 0.529. The highest BCUT2D eigenvalue weighted by atomic mass is 35.5. The largest absolute Gasteiger partial charge is 0.355 e. The van der Waals surface area contributed by atoms with Crippen molar-refractivity contribution in [3.8, 4) is 0 Å². The van der Waals surface area contributed by atoms with Crippen LogP contribution in [0.25, 0.3) is 0 Å². The van der Waals surface area contributed by atoms with Crippen LogP contribution < -0.4 is 5.32 Å². The van der Waals surface area contributed by atoms with Crippen LogP contribution in [0.4, 0.5) is 0 Å². The molecule has 0 atom stereocenters. The van der Waals surface area contributed by atoms with Gasteiger partial charge in [-0.1, -0.05) is 29.8 Å². The van der Waals surface area contributed by atoms with Gasteiger partial charge in [0.25, 0.3) is 0 Å². The number of sulfonamides is 1. The maximum absolute atomic E-state index is 12.7. The van der Waals surface area contributed by atoms with Crippen LogP contribution in [0.1, 0.15) is 12.8 Å². The molecule has 2 aromatic carbocycles. The second-order valence-electron chi connectivity index (χ2n) is 6.58. The molecule has 1 fully saturated rings. The van der Waals surface area contributed by atoms with E-state index in [2.05, 4.69) is 5.32 Å². The molecule has 2 aromatic rings. The second-order valence-corrected chi connectivity index (χ2v) is 10.1. The lowest BCUT2D eigenvalue weighted by Gasteiger charge is -2.30. The van der Waals surface area contributed by atoms with Crippen molar-refractivity contribution in [2.24, 2.45) is 5.92 Å². The smallest absolute Gasteiger partial charge is 0.243 e. The second kappa shape index (κ2) is 9.78. The summed E-state index contributed by atoms with van der Waals surface area (Å²) >= 11 is 7.53. The molecule has 0 saturated carbocycles. The first-order valence-electron chi connectivity index (χ1n) is 9.18. The highest BCUT2D eigenvalue weighted by molar-refractivity contribution is 7.99. The number of thioether (sulfide) groups is 1. The van der Waals surface area contributed by atoms with Gasteiger partial charge in [-0.25, -0.2) is 8.42 Å². The molecule has 150 valence electrons. The van der Waals surface area contributed by atoms with Crippen LogP contribution in [-0.4, -0.2) is 44.0 Å². The molecular formula is C20H23ClN2O3S2. The number of hydrogen-bond donors (Lipinski definition) is 1. The van der Waals surface area contributed by atoms with Gasteiger partial charge in [-0.3, -0.25) is 4.79 Å². The average molecular weight is 439 g/mol. The van der Waals surface area contributed by atoms with Crippen LogP contribution in [0.2, 0.25) is 5.02 Å². The number of hydrogen-bond acceptors (Lipinski definition) is 4. The number of benzene rings is 2. The lowest BCUT2D eigenvalue weighted by atomic mass is 9.97. The molecule has 0 aliphatic carbocycles.